The van der Waals surface area contributed by atoms with Gasteiger partial charge in [-0.05, 0) is 38.5 Å². The first-order valence-electron chi connectivity index (χ1n) is 6.00. The number of nitrogens with zero attached hydrogens (tertiary/aromatic N) is 1. The molecule has 0 fully saturated rings. The van der Waals surface area contributed by atoms with Gasteiger partial charge < -0.3 is 5.32 Å². The van der Waals surface area contributed by atoms with E-state index in [0.717, 1.165) is 10.0 Å². The zero-order valence-electron chi connectivity index (χ0n) is 10.8. The van der Waals surface area contributed by atoms with Crippen LogP contribution in [0.1, 0.15) is 41.4 Å². The lowest BCUT2D eigenvalue weighted by molar-refractivity contribution is 0.493. The molecule has 0 spiro atoms. The van der Waals surface area contributed by atoms with E-state index in [9.17, 15) is 0 Å². The van der Waals surface area contributed by atoms with Crippen LogP contribution in [0.5, 0.6) is 0 Å². The summed E-state index contributed by atoms with van der Waals surface area (Å²) in [5, 5.41) is 5.45. The highest BCUT2D eigenvalue weighted by Crippen LogP contribution is 2.24. The maximum atomic E-state index is 6.01. The highest BCUT2D eigenvalue weighted by molar-refractivity contribution is 7.11. The van der Waals surface area contributed by atoms with E-state index in [4.69, 9.17) is 11.6 Å². The van der Waals surface area contributed by atoms with Crippen molar-refractivity contribution >= 4 is 22.9 Å². The van der Waals surface area contributed by atoms with E-state index in [-0.39, 0.29) is 12.1 Å². The number of halogens is 1. The molecule has 1 aromatic heterocycles. The summed E-state index contributed by atoms with van der Waals surface area (Å²) in [6.07, 6.45) is 1.92. The predicted octanol–water partition coefficient (Wildman–Crippen LogP) is 4.52. The first-order valence-corrected chi connectivity index (χ1v) is 7.19. The minimum atomic E-state index is 0.248. The van der Waals surface area contributed by atoms with Crippen LogP contribution in [-0.2, 0) is 0 Å². The second kappa shape index (κ2) is 5.83. The van der Waals surface area contributed by atoms with Crippen molar-refractivity contribution < 1.29 is 0 Å². The smallest absolute Gasteiger partial charge is 0.109 e. The van der Waals surface area contributed by atoms with Crippen molar-refractivity contribution in [3.8, 4) is 0 Å². The van der Waals surface area contributed by atoms with Gasteiger partial charge in [-0.3, -0.25) is 0 Å². The van der Waals surface area contributed by atoms with Crippen molar-refractivity contribution in [2.75, 3.05) is 0 Å². The lowest BCUT2D eigenvalue weighted by Crippen LogP contribution is -2.22. The van der Waals surface area contributed by atoms with Gasteiger partial charge in [0, 0.05) is 22.1 Å². The van der Waals surface area contributed by atoms with Crippen LogP contribution in [0.15, 0.2) is 30.5 Å². The molecule has 2 nitrogen and oxygen atoms in total. The maximum absolute atomic E-state index is 6.01. The lowest BCUT2D eigenvalue weighted by Gasteiger charge is -2.19. The molecule has 0 amide bonds. The largest absolute Gasteiger partial charge is 0.302 e. The Hall–Kier alpha value is -0.900. The van der Waals surface area contributed by atoms with E-state index in [2.05, 4.69) is 37.1 Å². The summed E-state index contributed by atoms with van der Waals surface area (Å²) >= 11 is 7.74. The Bertz CT molecular complexity index is 524. The van der Waals surface area contributed by atoms with Gasteiger partial charge in [0.2, 0.25) is 0 Å². The third kappa shape index (κ3) is 3.31. The summed E-state index contributed by atoms with van der Waals surface area (Å²) in [6.45, 7) is 6.36. The minimum Gasteiger partial charge on any atom is -0.302 e. The number of hydrogen-bond acceptors (Lipinski definition) is 3. The van der Waals surface area contributed by atoms with E-state index in [1.165, 1.54) is 10.4 Å². The summed E-state index contributed by atoms with van der Waals surface area (Å²) in [4.78, 5) is 5.65. The molecule has 0 radical (unpaired) electrons. The van der Waals surface area contributed by atoms with Gasteiger partial charge in [0.25, 0.3) is 0 Å². The first-order chi connectivity index (χ1) is 8.56. The molecule has 0 bridgehead atoms. The topological polar surface area (TPSA) is 24.9 Å². The molecular formula is C14H17ClN2S. The zero-order chi connectivity index (χ0) is 13.1. The fourth-order valence-electron chi connectivity index (χ4n) is 1.89. The average Bonchev–Trinajstić information content (AvgIpc) is 2.76. The molecule has 0 aliphatic rings. The maximum Gasteiger partial charge on any atom is 0.109 e. The molecule has 1 N–H and O–H groups in total. The number of nitrogens with one attached hydrogen (secondary N) is 1. The van der Waals surface area contributed by atoms with Gasteiger partial charge in [0.15, 0.2) is 0 Å². The van der Waals surface area contributed by atoms with Crippen LogP contribution in [-0.4, -0.2) is 4.98 Å². The Morgan fingerprint density at radius 3 is 2.67 bits per heavy atom. The van der Waals surface area contributed by atoms with E-state index in [0.29, 0.717) is 0 Å². The van der Waals surface area contributed by atoms with Gasteiger partial charge in [-0.25, -0.2) is 4.98 Å². The van der Waals surface area contributed by atoms with Crippen molar-refractivity contribution in [1.82, 2.24) is 10.3 Å². The van der Waals surface area contributed by atoms with E-state index in [1.807, 2.05) is 24.4 Å². The Kier molecular flexibility index (Phi) is 4.38. The number of thiazole rings is 1. The van der Waals surface area contributed by atoms with Crippen LogP contribution in [0.2, 0.25) is 5.02 Å². The third-order valence-electron chi connectivity index (χ3n) is 2.86. The molecule has 2 aromatic rings. The van der Waals surface area contributed by atoms with Crippen LogP contribution in [0.3, 0.4) is 0 Å². The van der Waals surface area contributed by atoms with Crippen LogP contribution >= 0.6 is 22.9 Å². The van der Waals surface area contributed by atoms with Gasteiger partial charge >= 0.3 is 0 Å². The number of rotatable bonds is 4. The number of aryl methyl sites for hydroxylation is 1. The van der Waals surface area contributed by atoms with Crippen molar-refractivity contribution in [1.29, 1.82) is 0 Å². The predicted molar refractivity (Wildman–Crippen MR) is 78.3 cm³/mol. The normalized spacial score (nSPS) is 14.4. The Labute approximate surface area is 117 Å². The minimum absolute atomic E-state index is 0.248. The molecule has 96 valence electrons. The molecule has 2 rings (SSSR count). The molecule has 2 atom stereocenters. The molecular weight excluding hydrogens is 264 g/mol. The number of aromatic nitrogens is 1. The van der Waals surface area contributed by atoms with Crippen molar-refractivity contribution in [3.63, 3.8) is 0 Å². The zero-order valence-corrected chi connectivity index (χ0v) is 12.3. The molecule has 0 saturated carbocycles. The van der Waals surface area contributed by atoms with Gasteiger partial charge in [-0.15, -0.1) is 11.3 Å². The molecule has 0 saturated heterocycles. The summed E-state index contributed by atoms with van der Waals surface area (Å²) in [5.41, 5.74) is 1.20. The second-order valence-electron chi connectivity index (χ2n) is 4.47. The molecule has 0 aliphatic heterocycles. The average molecular weight is 281 g/mol. The highest BCUT2D eigenvalue weighted by Gasteiger charge is 2.13. The van der Waals surface area contributed by atoms with Crippen LogP contribution in [0, 0.1) is 6.92 Å². The SMILES string of the molecule is Cc1cnc(C(C)NC(C)c2cccc(Cl)c2)s1. The van der Waals surface area contributed by atoms with Gasteiger partial charge in [0.1, 0.15) is 5.01 Å². The van der Waals surface area contributed by atoms with E-state index >= 15 is 0 Å². The van der Waals surface area contributed by atoms with Gasteiger partial charge in [-0.1, -0.05) is 23.7 Å². The monoisotopic (exact) mass is 280 g/mol. The molecule has 18 heavy (non-hydrogen) atoms. The molecule has 2 unspecified atom stereocenters. The standard InChI is InChI=1S/C14H17ClN2S/c1-9-8-16-14(18-9)11(3)17-10(2)12-5-4-6-13(15)7-12/h4-8,10-11,17H,1-3H3. The Balaban J connectivity index is 2.05. The van der Waals surface area contributed by atoms with Crippen LogP contribution < -0.4 is 5.32 Å². The molecule has 0 aliphatic carbocycles. The number of benzene rings is 1. The highest BCUT2D eigenvalue weighted by atomic mass is 35.5. The number of hydrogen-bond donors (Lipinski definition) is 1. The van der Waals surface area contributed by atoms with Crippen molar-refractivity contribution in [3.05, 3.63) is 50.9 Å². The second-order valence-corrected chi connectivity index (χ2v) is 6.18. The third-order valence-corrected chi connectivity index (χ3v) is 4.19. The first kappa shape index (κ1) is 13.5. The van der Waals surface area contributed by atoms with E-state index < -0.39 is 0 Å². The van der Waals surface area contributed by atoms with E-state index in [1.54, 1.807) is 11.3 Å². The molecule has 4 heteroatoms. The van der Waals surface area contributed by atoms with Crippen molar-refractivity contribution in [2.45, 2.75) is 32.9 Å². The Morgan fingerprint density at radius 2 is 2.06 bits per heavy atom. The quantitative estimate of drug-likeness (QED) is 0.891. The summed E-state index contributed by atoms with van der Waals surface area (Å²) in [5.74, 6) is 0. The summed E-state index contributed by atoms with van der Waals surface area (Å²) in [7, 11) is 0. The Morgan fingerprint density at radius 1 is 1.28 bits per heavy atom. The molecule has 1 aromatic carbocycles. The van der Waals surface area contributed by atoms with Gasteiger partial charge in [-0.2, -0.15) is 0 Å². The summed E-state index contributed by atoms with van der Waals surface area (Å²) < 4.78 is 0. The lowest BCUT2D eigenvalue weighted by atomic mass is 10.1. The van der Waals surface area contributed by atoms with Crippen LogP contribution in [0.25, 0.3) is 0 Å². The molecule has 1 heterocycles. The summed E-state index contributed by atoms with van der Waals surface area (Å²) in [6, 6.07) is 8.46. The van der Waals surface area contributed by atoms with Crippen LogP contribution in [0.4, 0.5) is 0 Å². The van der Waals surface area contributed by atoms with Crippen molar-refractivity contribution in [2.24, 2.45) is 0 Å². The fraction of sp³-hybridized carbons (Fsp3) is 0.357. The fourth-order valence-corrected chi connectivity index (χ4v) is 2.88. The van der Waals surface area contributed by atoms with Gasteiger partial charge in [0.05, 0.1) is 6.04 Å².